The summed E-state index contributed by atoms with van der Waals surface area (Å²) in [4.78, 5) is 11.4. The predicted molar refractivity (Wildman–Crippen MR) is 65.4 cm³/mol. The molecule has 0 aromatic heterocycles. The highest BCUT2D eigenvalue weighted by atomic mass is 16.7. The molecule has 0 fully saturated rings. The summed E-state index contributed by atoms with van der Waals surface area (Å²) < 4.78 is 10.3. The fraction of sp³-hybridized carbons (Fsp3) is 0.615. The van der Waals surface area contributed by atoms with Gasteiger partial charge >= 0.3 is 6.16 Å². The Labute approximate surface area is 98.1 Å². The van der Waals surface area contributed by atoms with Crippen molar-refractivity contribution >= 4 is 6.16 Å². The maximum Gasteiger partial charge on any atom is 0.508 e. The Balaban J connectivity index is 4.02. The van der Waals surface area contributed by atoms with Gasteiger partial charge in [0.25, 0.3) is 0 Å². The lowest BCUT2D eigenvalue weighted by atomic mass is 10.2. The molecule has 0 radical (unpaired) electrons. The average molecular weight is 226 g/mol. The molecule has 0 aliphatic carbocycles. The molecule has 3 nitrogen and oxygen atoms in total. The van der Waals surface area contributed by atoms with E-state index in [1.54, 1.807) is 12.2 Å². The van der Waals surface area contributed by atoms with Gasteiger partial charge in [0.05, 0.1) is 0 Å². The van der Waals surface area contributed by atoms with Gasteiger partial charge in [0.15, 0.2) is 0 Å². The summed E-state index contributed by atoms with van der Waals surface area (Å²) in [5, 5.41) is 0. The van der Waals surface area contributed by atoms with Crippen LogP contribution < -0.4 is 0 Å². The molecule has 16 heavy (non-hydrogen) atoms. The molecule has 2 atom stereocenters. The third-order valence-corrected chi connectivity index (χ3v) is 2.30. The van der Waals surface area contributed by atoms with E-state index in [-0.39, 0.29) is 12.2 Å². The second kappa shape index (κ2) is 9.01. The summed E-state index contributed by atoms with van der Waals surface area (Å²) in [6, 6.07) is 0. The Kier molecular flexibility index (Phi) is 8.31. The van der Waals surface area contributed by atoms with Crippen molar-refractivity contribution in [2.45, 2.75) is 51.7 Å². The van der Waals surface area contributed by atoms with E-state index in [9.17, 15) is 4.79 Å². The first-order chi connectivity index (χ1) is 7.67. The quantitative estimate of drug-likeness (QED) is 0.466. The lowest BCUT2D eigenvalue weighted by Crippen LogP contribution is -2.22. The Morgan fingerprint density at radius 1 is 1.06 bits per heavy atom. The molecule has 0 aliphatic heterocycles. The van der Waals surface area contributed by atoms with Crippen LogP contribution in [0.3, 0.4) is 0 Å². The van der Waals surface area contributed by atoms with Gasteiger partial charge in [-0.25, -0.2) is 4.79 Å². The zero-order chi connectivity index (χ0) is 12.4. The predicted octanol–water partition coefficient (Wildman–Crippen LogP) is 3.85. The first-order valence-corrected chi connectivity index (χ1v) is 5.76. The average Bonchev–Trinajstić information content (AvgIpc) is 2.27. The third kappa shape index (κ3) is 6.27. The Morgan fingerprint density at radius 2 is 1.44 bits per heavy atom. The van der Waals surface area contributed by atoms with Crippen molar-refractivity contribution in [3.63, 3.8) is 0 Å². The lowest BCUT2D eigenvalue weighted by Gasteiger charge is -2.18. The van der Waals surface area contributed by atoms with Crippen molar-refractivity contribution in [2.24, 2.45) is 0 Å². The Bertz CT molecular complexity index is 201. The minimum Gasteiger partial charge on any atom is -0.431 e. The Morgan fingerprint density at radius 3 is 1.69 bits per heavy atom. The standard InChI is InChI=1S/C13H22O3/c1-5-9-11(7-3)15-13(14)16-12(8-4)10-6-2/h5-6,11-12H,1-2,7-10H2,3-4H3. The van der Waals surface area contributed by atoms with Crippen molar-refractivity contribution < 1.29 is 14.3 Å². The first-order valence-electron chi connectivity index (χ1n) is 5.76. The van der Waals surface area contributed by atoms with Crippen molar-refractivity contribution in [2.75, 3.05) is 0 Å². The zero-order valence-corrected chi connectivity index (χ0v) is 10.3. The molecule has 0 heterocycles. The summed E-state index contributed by atoms with van der Waals surface area (Å²) in [6.45, 7) is 11.2. The molecule has 0 aliphatic rings. The molecular formula is C13H22O3. The molecule has 2 unspecified atom stereocenters. The van der Waals surface area contributed by atoms with Crippen LogP contribution in [0.1, 0.15) is 39.5 Å². The van der Waals surface area contributed by atoms with Gasteiger partial charge in [-0.15, -0.1) is 13.2 Å². The van der Waals surface area contributed by atoms with Gasteiger partial charge in [-0.1, -0.05) is 26.0 Å². The Hall–Kier alpha value is -1.25. The van der Waals surface area contributed by atoms with Gasteiger partial charge in [-0.2, -0.15) is 0 Å². The largest absolute Gasteiger partial charge is 0.508 e. The molecular weight excluding hydrogens is 204 g/mol. The van der Waals surface area contributed by atoms with E-state index in [4.69, 9.17) is 9.47 Å². The van der Waals surface area contributed by atoms with Gasteiger partial charge in [-0.05, 0) is 12.8 Å². The molecule has 0 N–H and O–H groups in total. The van der Waals surface area contributed by atoms with Gasteiger partial charge in [-0.3, -0.25) is 0 Å². The van der Waals surface area contributed by atoms with Crippen molar-refractivity contribution in [3.05, 3.63) is 25.3 Å². The van der Waals surface area contributed by atoms with Crippen molar-refractivity contribution in [1.82, 2.24) is 0 Å². The maximum atomic E-state index is 11.4. The van der Waals surface area contributed by atoms with E-state index < -0.39 is 6.16 Å². The fourth-order valence-corrected chi connectivity index (χ4v) is 1.27. The van der Waals surface area contributed by atoms with Crippen LogP contribution in [0.2, 0.25) is 0 Å². The van der Waals surface area contributed by atoms with Gasteiger partial charge in [0, 0.05) is 12.8 Å². The topological polar surface area (TPSA) is 35.5 Å². The molecule has 0 saturated heterocycles. The summed E-state index contributed by atoms with van der Waals surface area (Å²) >= 11 is 0. The number of hydrogen-bond donors (Lipinski definition) is 0. The lowest BCUT2D eigenvalue weighted by molar-refractivity contribution is -0.00188. The molecule has 0 bridgehead atoms. The van der Waals surface area contributed by atoms with Crippen LogP contribution in [0.15, 0.2) is 25.3 Å². The normalized spacial score (nSPS) is 13.6. The van der Waals surface area contributed by atoms with Crippen LogP contribution in [0.5, 0.6) is 0 Å². The number of carbonyl (C=O) groups excluding carboxylic acids is 1. The molecule has 92 valence electrons. The second-order valence-electron chi connectivity index (χ2n) is 3.59. The molecule has 0 rings (SSSR count). The molecule has 0 aromatic rings. The highest BCUT2D eigenvalue weighted by molar-refractivity contribution is 5.60. The monoisotopic (exact) mass is 226 g/mol. The third-order valence-electron chi connectivity index (χ3n) is 2.30. The van der Waals surface area contributed by atoms with Crippen LogP contribution in [0, 0.1) is 0 Å². The SMILES string of the molecule is C=CCC(CC)OC(=O)OC(CC)CC=C. The van der Waals surface area contributed by atoms with E-state index in [0.717, 1.165) is 12.8 Å². The molecule has 0 amide bonds. The second-order valence-corrected chi connectivity index (χ2v) is 3.59. The van der Waals surface area contributed by atoms with Crippen LogP contribution in [0.4, 0.5) is 4.79 Å². The van der Waals surface area contributed by atoms with Crippen LogP contribution in [-0.4, -0.2) is 18.4 Å². The molecule has 0 saturated carbocycles. The van der Waals surface area contributed by atoms with Crippen molar-refractivity contribution in [3.8, 4) is 0 Å². The smallest absolute Gasteiger partial charge is 0.431 e. The van der Waals surface area contributed by atoms with Crippen LogP contribution >= 0.6 is 0 Å². The molecule has 0 spiro atoms. The van der Waals surface area contributed by atoms with E-state index in [1.807, 2.05) is 13.8 Å². The van der Waals surface area contributed by atoms with E-state index in [1.165, 1.54) is 0 Å². The van der Waals surface area contributed by atoms with Gasteiger partial charge in [0.2, 0.25) is 0 Å². The minimum atomic E-state index is -0.595. The zero-order valence-electron chi connectivity index (χ0n) is 10.3. The number of hydrogen-bond acceptors (Lipinski definition) is 3. The molecule has 3 heteroatoms. The highest BCUT2D eigenvalue weighted by Crippen LogP contribution is 2.10. The summed E-state index contributed by atoms with van der Waals surface area (Å²) in [5.41, 5.74) is 0. The van der Waals surface area contributed by atoms with Gasteiger partial charge in [0.1, 0.15) is 12.2 Å². The maximum absolute atomic E-state index is 11.4. The summed E-state index contributed by atoms with van der Waals surface area (Å²) in [6.07, 6.45) is 5.46. The van der Waals surface area contributed by atoms with Crippen LogP contribution in [-0.2, 0) is 9.47 Å². The summed E-state index contributed by atoms with van der Waals surface area (Å²) in [7, 11) is 0. The van der Waals surface area contributed by atoms with Gasteiger partial charge < -0.3 is 9.47 Å². The number of ether oxygens (including phenoxy) is 2. The van der Waals surface area contributed by atoms with E-state index in [2.05, 4.69) is 13.2 Å². The molecule has 0 aromatic carbocycles. The number of rotatable bonds is 8. The first kappa shape index (κ1) is 14.8. The minimum absolute atomic E-state index is 0.133. The van der Waals surface area contributed by atoms with E-state index in [0.29, 0.717) is 12.8 Å². The van der Waals surface area contributed by atoms with E-state index >= 15 is 0 Å². The van der Waals surface area contributed by atoms with Crippen LogP contribution in [0.25, 0.3) is 0 Å². The highest BCUT2D eigenvalue weighted by Gasteiger charge is 2.16. The van der Waals surface area contributed by atoms with Crippen molar-refractivity contribution in [1.29, 1.82) is 0 Å². The number of carbonyl (C=O) groups is 1. The summed E-state index contributed by atoms with van der Waals surface area (Å²) in [5.74, 6) is 0. The fourth-order valence-electron chi connectivity index (χ4n) is 1.27.